The van der Waals surface area contributed by atoms with E-state index in [-0.39, 0.29) is 24.9 Å². The first-order valence-electron chi connectivity index (χ1n) is 9.67. The molecule has 0 aliphatic rings. The van der Waals surface area contributed by atoms with E-state index in [0.29, 0.717) is 19.7 Å². The van der Waals surface area contributed by atoms with Gasteiger partial charge in [-0.2, -0.15) is 0 Å². The maximum absolute atomic E-state index is 12.8. The Kier molecular flexibility index (Phi) is 8.53. The molecule has 5 nitrogen and oxygen atoms in total. The molecule has 2 aromatic carbocycles. The van der Waals surface area contributed by atoms with Crippen molar-refractivity contribution < 1.29 is 19.1 Å². The second-order valence-electron chi connectivity index (χ2n) is 6.68. The fraction of sp³-hybridized carbons (Fsp3) is 0.391. The Morgan fingerprint density at radius 3 is 2.25 bits per heavy atom. The number of ether oxygens (including phenoxy) is 2. The van der Waals surface area contributed by atoms with Crippen LogP contribution >= 0.6 is 0 Å². The van der Waals surface area contributed by atoms with Gasteiger partial charge >= 0.3 is 5.97 Å². The number of para-hydroxylation sites is 1. The third-order valence-corrected chi connectivity index (χ3v) is 4.51. The van der Waals surface area contributed by atoms with Crippen LogP contribution in [0.3, 0.4) is 0 Å². The van der Waals surface area contributed by atoms with Crippen LogP contribution in [-0.2, 0) is 20.7 Å². The van der Waals surface area contributed by atoms with E-state index in [0.717, 1.165) is 28.9 Å². The summed E-state index contributed by atoms with van der Waals surface area (Å²) < 4.78 is 10.8. The lowest BCUT2D eigenvalue weighted by Crippen LogP contribution is -2.38. The highest BCUT2D eigenvalue weighted by Crippen LogP contribution is 2.22. The van der Waals surface area contributed by atoms with E-state index >= 15 is 0 Å². The maximum Gasteiger partial charge on any atom is 0.307 e. The van der Waals surface area contributed by atoms with Crippen molar-refractivity contribution >= 4 is 11.9 Å². The van der Waals surface area contributed by atoms with Crippen LogP contribution in [0.25, 0.3) is 0 Å². The molecule has 5 heteroatoms. The molecular formula is C23H29NO4. The zero-order valence-electron chi connectivity index (χ0n) is 16.9. The maximum atomic E-state index is 12.8. The number of amides is 1. The number of hydrogen-bond acceptors (Lipinski definition) is 4. The van der Waals surface area contributed by atoms with E-state index in [4.69, 9.17) is 9.47 Å². The first kappa shape index (κ1) is 21.5. The Bertz CT molecular complexity index is 753. The molecule has 28 heavy (non-hydrogen) atoms. The van der Waals surface area contributed by atoms with E-state index in [9.17, 15) is 9.59 Å². The van der Waals surface area contributed by atoms with Gasteiger partial charge in [0, 0.05) is 13.1 Å². The van der Waals surface area contributed by atoms with E-state index in [2.05, 4.69) is 0 Å². The van der Waals surface area contributed by atoms with Gasteiger partial charge in [-0.15, -0.1) is 0 Å². The van der Waals surface area contributed by atoms with Crippen LogP contribution in [0.4, 0.5) is 0 Å². The summed E-state index contributed by atoms with van der Waals surface area (Å²) in [7, 11) is 0. The van der Waals surface area contributed by atoms with Gasteiger partial charge in [-0.3, -0.25) is 9.59 Å². The molecule has 0 aromatic heterocycles. The van der Waals surface area contributed by atoms with Crippen molar-refractivity contribution in [3.05, 3.63) is 65.2 Å². The first-order valence-corrected chi connectivity index (χ1v) is 9.67. The lowest BCUT2D eigenvalue weighted by molar-refractivity contribution is -0.144. The van der Waals surface area contributed by atoms with Gasteiger partial charge in [0.2, 0.25) is 0 Å². The molecule has 0 bridgehead atoms. The summed E-state index contributed by atoms with van der Waals surface area (Å²) in [4.78, 5) is 26.2. The molecule has 150 valence electrons. The summed E-state index contributed by atoms with van der Waals surface area (Å²) >= 11 is 0. The van der Waals surface area contributed by atoms with Crippen molar-refractivity contribution in [1.29, 1.82) is 0 Å². The molecule has 0 heterocycles. The van der Waals surface area contributed by atoms with Crippen molar-refractivity contribution in [2.45, 2.75) is 33.6 Å². The molecule has 0 aliphatic carbocycles. The summed E-state index contributed by atoms with van der Waals surface area (Å²) in [6, 6.07) is 15.9. The monoisotopic (exact) mass is 383 g/mol. The predicted molar refractivity (Wildman–Crippen MR) is 109 cm³/mol. The van der Waals surface area contributed by atoms with E-state index in [1.54, 1.807) is 11.8 Å². The zero-order chi connectivity index (χ0) is 20.4. The van der Waals surface area contributed by atoms with Crippen molar-refractivity contribution in [3.8, 4) is 5.75 Å². The first-order chi connectivity index (χ1) is 13.5. The lowest BCUT2D eigenvalue weighted by Gasteiger charge is -2.23. The number of benzene rings is 2. The molecule has 0 saturated carbocycles. The highest BCUT2D eigenvalue weighted by atomic mass is 16.5. The van der Waals surface area contributed by atoms with Crippen LogP contribution in [0.5, 0.6) is 5.75 Å². The zero-order valence-corrected chi connectivity index (χ0v) is 16.9. The van der Waals surface area contributed by atoms with Crippen molar-refractivity contribution in [2.24, 2.45) is 0 Å². The van der Waals surface area contributed by atoms with Gasteiger partial charge in [0.05, 0.1) is 13.0 Å². The third-order valence-electron chi connectivity index (χ3n) is 4.51. The summed E-state index contributed by atoms with van der Waals surface area (Å²) in [5.74, 6) is 0.308. The van der Waals surface area contributed by atoms with Crippen LogP contribution < -0.4 is 4.74 Å². The summed E-state index contributed by atoms with van der Waals surface area (Å²) in [5, 5.41) is 0. The molecular weight excluding hydrogens is 354 g/mol. The predicted octanol–water partition coefficient (Wildman–Crippen LogP) is 3.71. The van der Waals surface area contributed by atoms with Gasteiger partial charge in [0.1, 0.15) is 5.75 Å². The van der Waals surface area contributed by atoms with E-state index in [1.165, 1.54) is 0 Å². The lowest BCUT2D eigenvalue weighted by atomic mass is 10.1. The number of carbonyl (C=O) groups excluding carboxylic acids is 2. The highest BCUT2D eigenvalue weighted by Gasteiger charge is 2.17. The molecule has 0 spiro atoms. The summed E-state index contributed by atoms with van der Waals surface area (Å²) in [6.45, 7) is 6.82. The number of rotatable bonds is 10. The Morgan fingerprint density at radius 1 is 0.929 bits per heavy atom. The van der Waals surface area contributed by atoms with Gasteiger partial charge in [-0.25, -0.2) is 0 Å². The van der Waals surface area contributed by atoms with Crippen LogP contribution in [0, 0.1) is 13.8 Å². The molecule has 1 amide bonds. The topological polar surface area (TPSA) is 55.8 Å². The molecule has 0 aliphatic heterocycles. The summed E-state index contributed by atoms with van der Waals surface area (Å²) in [5.41, 5.74) is 3.14. The largest absolute Gasteiger partial charge is 0.483 e. The van der Waals surface area contributed by atoms with E-state index in [1.807, 2.05) is 62.4 Å². The van der Waals surface area contributed by atoms with Crippen LogP contribution in [0.2, 0.25) is 0 Å². The molecule has 2 rings (SSSR count). The van der Waals surface area contributed by atoms with Crippen LogP contribution in [0.15, 0.2) is 48.5 Å². The van der Waals surface area contributed by atoms with Gasteiger partial charge in [0.15, 0.2) is 6.61 Å². The second kappa shape index (κ2) is 11.1. The van der Waals surface area contributed by atoms with Gasteiger partial charge in [-0.1, -0.05) is 48.5 Å². The minimum Gasteiger partial charge on any atom is -0.483 e. The molecule has 0 N–H and O–H groups in total. The number of aryl methyl sites for hydroxylation is 2. The van der Waals surface area contributed by atoms with Crippen LogP contribution in [0.1, 0.15) is 30.0 Å². The van der Waals surface area contributed by atoms with E-state index < -0.39 is 0 Å². The normalized spacial score (nSPS) is 10.4. The Morgan fingerprint density at radius 2 is 1.61 bits per heavy atom. The average Bonchev–Trinajstić information content (AvgIpc) is 2.68. The smallest absolute Gasteiger partial charge is 0.307 e. The fourth-order valence-corrected chi connectivity index (χ4v) is 2.98. The minimum absolute atomic E-state index is 0.0523. The Balaban J connectivity index is 1.99. The number of nitrogens with zero attached hydrogens (tertiary/aromatic N) is 1. The molecule has 2 aromatic rings. The van der Waals surface area contributed by atoms with Crippen molar-refractivity contribution in [2.75, 3.05) is 26.3 Å². The Labute approximate surface area is 167 Å². The molecule has 0 unspecified atom stereocenters. The molecule has 0 fully saturated rings. The third kappa shape index (κ3) is 6.72. The highest BCUT2D eigenvalue weighted by molar-refractivity contribution is 5.78. The van der Waals surface area contributed by atoms with Crippen molar-refractivity contribution in [3.63, 3.8) is 0 Å². The van der Waals surface area contributed by atoms with Crippen LogP contribution in [-0.4, -0.2) is 43.1 Å². The second-order valence-corrected chi connectivity index (χ2v) is 6.68. The van der Waals surface area contributed by atoms with Gasteiger partial charge in [0.25, 0.3) is 5.91 Å². The molecule has 0 radical (unpaired) electrons. The Hall–Kier alpha value is -2.82. The SMILES string of the molecule is CCOC(=O)CCN(CCc1ccccc1)C(=O)COc1c(C)cccc1C. The fourth-order valence-electron chi connectivity index (χ4n) is 2.98. The summed E-state index contributed by atoms with van der Waals surface area (Å²) in [6.07, 6.45) is 0.899. The molecule has 0 atom stereocenters. The van der Waals surface area contributed by atoms with Gasteiger partial charge in [-0.05, 0) is 43.9 Å². The number of hydrogen-bond donors (Lipinski definition) is 0. The number of carbonyl (C=O) groups is 2. The molecule has 0 saturated heterocycles. The standard InChI is InChI=1S/C23H29NO4/c1-4-27-22(26)14-16-24(15-13-20-11-6-5-7-12-20)21(25)17-28-23-18(2)9-8-10-19(23)3/h5-12H,4,13-17H2,1-3H3. The minimum atomic E-state index is -0.296. The van der Waals surface area contributed by atoms with Crippen molar-refractivity contribution in [1.82, 2.24) is 4.90 Å². The average molecular weight is 383 g/mol. The quantitative estimate of drug-likeness (QED) is 0.587. The van der Waals surface area contributed by atoms with Gasteiger partial charge < -0.3 is 14.4 Å². The number of esters is 1.